The van der Waals surface area contributed by atoms with Crippen LogP contribution >= 0.6 is 11.3 Å². The molecule has 0 unspecified atom stereocenters. The number of thiophene rings is 1. The van der Waals surface area contributed by atoms with Crippen molar-refractivity contribution in [1.29, 1.82) is 0 Å². The van der Waals surface area contributed by atoms with Gasteiger partial charge in [-0.1, -0.05) is 12.1 Å². The van der Waals surface area contributed by atoms with Crippen molar-refractivity contribution in [1.82, 2.24) is 0 Å². The molecule has 0 aliphatic heterocycles. The van der Waals surface area contributed by atoms with E-state index >= 15 is 0 Å². The smallest absolute Gasteiger partial charge is 0.345 e. The van der Waals surface area contributed by atoms with E-state index in [9.17, 15) is 9.59 Å². The van der Waals surface area contributed by atoms with Gasteiger partial charge in [-0.05, 0) is 43.7 Å². The lowest BCUT2D eigenvalue weighted by Crippen LogP contribution is -2.10. The zero-order valence-electron chi connectivity index (χ0n) is 12.3. The fourth-order valence-corrected chi connectivity index (χ4v) is 2.45. The zero-order valence-corrected chi connectivity index (χ0v) is 13.1. The Morgan fingerprint density at radius 1 is 1.14 bits per heavy atom. The maximum absolute atomic E-state index is 12.0. The molecule has 5 nitrogen and oxygen atoms in total. The average Bonchev–Trinajstić information content (AvgIpc) is 2.96. The van der Waals surface area contributed by atoms with E-state index in [0.717, 1.165) is 16.9 Å². The van der Waals surface area contributed by atoms with Crippen LogP contribution in [-0.4, -0.2) is 23.1 Å². The van der Waals surface area contributed by atoms with Gasteiger partial charge in [-0.3, -0.25) is 4.79 Å². The molecule has 1 aromatic carbocycles. The van der Waals surface area contributed by atoms with Crippen LogP contribution in [0.25, 0.3) is 0 Å². The molecule has 6 heteroatoms. The molecule has 0 bridgehead atoms. The van der Waals surface area contributed by atoms with Crippen molar-refractivity contribution >= 4 is 28.9 Å². The van der Waals surface area contributed by atoms with Crippen molar-refractivity contribution in [2.24, 2.45) is 0 Å². The molecule has 0 spiro atoms. The SMILES string of the molecule is CC(C)OCc1ccc(NC(=O)c2ccc(C(=O)O)s2)cc1. The molecule has 1 aromatic heterocycles. The zero-order chi connectivity index (χ0) is 16.1. The summed E-state index contributed by atoms with van der Waals surface area (Å²) in [5, 5.41) is 11.6. The van der Waals surface area contributed by atoms with Crippen LogP contribution in [0, 0.1) is 0 Å². The Morgan fingerprint density at radius 3 is 2.32 bits per heavy atom. The lowest BCUT2D eigenvalue weighted by atomic mass is 10.2. The number of hydrogen-bond acceptors (Lipinski definition) is 4. The van der Waals surface area contributed by atoms with Crippen molar-refractivity contribution in [2.45, 2.75) is 26.6 Å². The molecule has 0 atom stereocenters. The first-order valence-corrected chi connectivity index (χ1v) is 7.62. The number of carboxylic acids is 1. The maximum Gasteiger partial charge on any atom is 0.345 e. The molecular formula is C16H17NO4S. The molecule has 2 N–H and O–H groups in total. The van der Waals surface area contributed by atoms with Gasteiger partial charge < -0.3 is 15.2 Å². The fourth-order valence-electron chi connectivity index (χ4n) is 1.71. The second-order valence-electron chi connectivity index (χ2n) is 4.98. The summed E-state index contributed by atoms with van der Waals surface area (Å²) in [7, 11) is 0. The molecule has 0 aliphatic rings. The van der Waals surface area contributed by atoms with Gasteiger partial charge in [-0.25, -0.2) is 4.79 Å². The summed E-state index contributed by atoms with van der Waals surface area (Å²) in [6.07, 6.45) is 0.168. The molecule has 0 saturated heterocycles. The van der Waals surface area contributed by atoms with Gasteiger partial charge in [-0.2, -0.15) is 0 Å². The monoisotopic (exact) mass is 319 g/mol. The highest BCUT2D eigenvalue weighted by molar-refractivity contribution is 7.15. The number of hydrogen-bond donors (Lipinski definition) is 2. The van der Waals surface area contributed by atoms with E-state index in [4.69, 9.17) is 9.84 Å². The quantitative estimate of drug-likeness (QED) is 0.852. The predicted molar refractivity (Wildman–Crippen MR) is 85.6 cm³/mol. The second-order valence-corrected chi connectivity index (χ2v) is 6.06. The van der Waals surface area contributed by atoms with Gasteiger partial charge in [0.05, 0.1) is 17.6 Å². The van der Waals surface area contributed by atoms with E-state index < -0.39 is 5.97 Å². The van der Waals surface area contributed by atoms with Crippen LogP contribution in [0.3, 0.4) is 0 Å². The molecule has 0 radical (unpaired) electrons. The number of amides is 1. The van der Waals surface area contributed by atoms with Gasteiger partial charge in [0, 0.05) is 5.69 Å². The minimum absolute atomic E-state index is 0.145. The van der Waals surface area contributed by atoms with Crippen LogP contribution in [0.1, 0.15) is 38.8 Å². The molecule has 1 amide bonds. The van der Waals surface area contributed by atoms with E-state index in [1.807, 2.05) is 26.0 Å². The lowest BCUT2D eigenvalue weighted by Gasteiger charge is -2.08. The first kappa shape index (κ1) is 16.2. The highest BCUT2D eigenvalue weighted by atomic mass is 32.1. The van der Waals surface area contributed by atoms with Gasteiger partial charge in [0.2, 0.25) is 0 Å². The van der Waals surface area contributed by atoms with Gasteiger partial charge in [0.1, 0.15) is 4.88 Å². The van der Waals surface area contributed by atoms with E-state index in [-0.39, 0.29) is 16.9 Å². The minimum Gasteiger partial charge on any atom is -0.477 e. The number of nitrogens with one attached hydrogen (secondary N) is 1. The molecule has 2 rings (SSSR count). The number of carbonyl (C=O) groups excluding carboxylic acids is 1. The molecule has 116 valence electrons. The van der Waals surface area contributed by atoms with Crippen LogP contribution in [0.4, 0.5) is 5.69 Å². The summed E-state index contributed by atoms with van der Waals surface area (Å²) in [6.45, 7) is 4.47. The van der Waals surface area contributed by atoms with Crippen LogP contribution in [-0.2, 0) is 11.3 Å². The predicted octanol–water partition coefficient (Wildman–Crippen LogP) is 3.62. The Kier molecular flexibility index (Phi) is 5.30. The molecule has 0 saturated carbocycles. The number of ether oxygens (including phenoxy) is 1. The van der Waals surface area contributed by atoms with Crippen molar-refractivity contribution in [3.63, 3.8) is 0 Å². The third-order valence-electron chi connectivity index (χ3n) is 2.84. The standard InChI is InChI=1S/C16H17NO4S/c1-10(2)21-9-11-3-5-12(6-4-11)17-15(18)13-7-8-14(22-13)16(19)20/h3-8,10H,9H2,1-2H3,(H,17,18)(H,19,20). The number of anilines is 1. The van der Waals surface area contributed by atoms with E-state index in [0.29, 0.717) is 17.2 Å². The van der Waals surface area contributed by atoms with E-state index in [2.05, 4.69) is 5.32 Å². The highest BCUT2D eigenvalue weighted by Crippen LogP contribution is 2.19. The summed E-state index contributed by atoms with van der Waals surface area (Å²) in [5.74, 6) is -1.35. The van der Waals surface area contributed by atoms with Crippen LogP contribution in [0.5, 0.6) is 0 Å². The topological polar surface area (TPSA) is 75.6 Å². The molecule has 1 heterocycles. The van der Waals surface area contributed by atoms with Crippen molar-refractivity contribution < 1.29 is 19.4 Å². The summed E-state index contributed by atoms with van der Waals surface area (Å²) in [5.41, 5.74) is 1.68. The van der Waals surface area contributed by atoms with Gasteiger partial charge >= 0.3 is 5.97 Å². The Labute approximate surface area is 132 Å². The van der Waals surface area contributed by atoms with Crippen molar-refractivity contribution in [3.8, 4) is 0 Å². The average molecular weight is 319 g/mol. The lowest BCUT2D eigenvalue weighted by molar-refractivity contribution is 0.0657. The highest BCUT2D eigenvalue weighted by Gasteiger charge is 2.13. The Balaban J connectivity index is 1.97. The second kappa shape index (κ2) is 7.20. The summed E-state index contributed by atoms with van der Waals surface area (Å²) in [4.78, 5) is 23.4. The summed E-state index contributed by atoms with van der Waals surface area (Å²) < 4.78 is 5.50. The number of aromatic carboxylic acids is 1. The minimum atomic E-state index is -1.03. The number of rotatable bonds is 6. The van der Waals surface area contributed by atoms with Crippen LogP contribution < -0.4 is 5.32 Å². The van der Waals surface area contributed by atoms with Gasteiger partial charge in [-0.15, -0.1) is 11.3 Å². The number of carbonyl (C=O) groups is 2. The van der Waals surface area contributed by atoms with Crippen LogP contribution in [0.15, 0.2) is 36.4 Å². The molecule has 2 aromatic rings. The summed E-state index contributed by atoms with van der Waals surface area (Å²) in [6, 6.07) is 10.3. The first-order valence-electron chi connectivity index (χ1n) is 6.80. The third kappa shape index (κ3) is 4.41. The van der Waals surface area contributed by atoms with E-state index in [1.165, 1.54) is 12.1 Å². The van der Waals surface area contributed by atoms with E-state index in [1.54, 1.807) is 12.1 Å². The number of benzene rings is 1. The Bertz CT molecular complexity index is 661. The van der Waals surface area contributed by atoms with Crippen molar-refractivity contribution in [3.05, 3.63) is 51.7 Å². The van der Waals surface area contributed by atoms with Crippen molar-refractivity contribution in [2.75, 3.05) is 5.32 Å². The summed E-state index contributed by atoms with van der Waals surface area (Å²) >= 11 is 0.951. The van der Waals surface area contributed by atoms with Gasteiger partial charge in [0.15, 0.2) is 0 Å². The first-order chi connectivity index (χ1) is 10.5. The largest absolute Gasteiger partial charge is 0.477 e. The molecule has 0 aliphatic carbocycles. The fraction of sp³-hybridized carbons (Fsp3) is 0.250. The molecule has 0 fully saturated rings. The Morgan fingerprint density at radius 2 is 1.77 bits per heavy atom. The Hall–Kier alpha value is -2.18. The maximum atomic E-state index is 12.0. The van der Waals surface area contributed by atoms with Crippen LogP contribution in [0.2, 0.25) is 0 Å². The number of carboxylic acid groups (broad SMARTS) is 1. The molecular weight excluding hydrogens is 302 g/mol. The molecule has 22 heavy (non-hydrogen) atoms. The van der Waals surface area contributed by atoms with Gasteiger partial charge in [0.25, 0.3) is 5.91 Å². The normalized spacial score (nSPS) is 10.7. The third-order valence-corrected chi connectivity index (χ3v) is 3.91.